The number of methoxy groups -OCH3 is 1. The predicted octanol–water partition coefficient (Wildman–Crippen LogP) is 3.46. The Balaban J connectivity index is 2.43. The van der Waals surface area contributed by atoms with Gasteiger partial charge in [-0.15, -0.1) is 11.3 Å². The van der Waals surface area contributed by atoms with E-state index < -0.39 is 0 Å². The van der Waals surface area contributed by atoms with Crippen molar-refractivity contribution in [3.8, 4) is 0 Å². The molecule has 0 aliphatic carbocycles. The highest BCUT2D eigenvalue weighted by molar-refractivity contribution is 7.10. The van der Waals surface area contributed by atoms with Crippen molar-refractivity contribution in [2.75, 3.05) is 7.11 Å². The number of carbonyl (C=O) groups is 1. The highest BCUT2D eigenvalue weighted by Gasteiger charge is 2.11. The van der Waals surface area contributed by atoms with E-state index in [-0.39, 0.29) is 5.97 Å². The molecule has 2 aromatic rings. The Bertz CT molecular complexity index is 512. The van der Waals surface area contributed by atoms with Gasteiger partial charge in [0.25, 0.3) is 0 Å². The zero-order valence-electron chi connectivity index (χ0n) is 9.42. The van der Waals surface area contributed by atoms with E-state index >= 15 is 0 Å². The molecule has 1 aromatic carbocycles. The summed E-state index contributed by atoms with van der Waals surface area (Å²) in [5.41, 5.74) is 1.45. The second-order valence-corrected chi connectivity index (χ2v) is 4.41. The van der Waals surface area contributed by atoms with Gasteiger partial charge in [-0.05, 0) is 23.1 Å². The third-order valence-electron chi connectivity index (χ3n) is 2.32. The van der Waals surface area contributed by atoms with Gasteiger partial charge >= 0.3 is 5.97 Å². The van der Waals surface area contributed by atoms with Gasteiger partial charge in [-0.25, -0.2) is 4.79 Å². The minimum atomic E-state index is -0.315. The molecule has 0 aliphatic heterocycles. The molecule has 2 rings (SSSR count). The second-order valence-electron chi connectivity index (χ2n) is 3.43. The van der Waals surface area contributed by atoms with Gasteiger partial charge in [0.05, 0.1) is 12.7 Å². The molecule has 0 saturated carbocycles. The third-order valence-corrected chi connectivity index (χ3v) is 3.14. The van der Waals surface area contributed by atoms with E-state index in [1.807, 2.05) is 53.9 Å². The lowest BCUT2D eigenvalue weighted by atomic mass is 10.1. The monoisotopic (exact) mass is 244 g/mol. The first-order valence-electron chi connectivity index (χ1n) is 5.20. The van der Waals surface area contributed by atoms with Crippen LogP contribution in [0, 0.1) is 0 Å². The molecule has 0 atom stereocenters. The average Bonchev–Trinajstić information content (AvgIpc) is 2.89. The summed E-state index contributed by atoms with van der Waals surface area (Å²) in [4.78, 5) is 12.8. The summed E-state index contributed by atoms with van der Waals surface area (Å²) in [6.07, 6.45) is 1.85. The maximum Gasteiger partial charge on any atom is 0.338 e. The van der Waals surface area contributed by atoms with Crippen molar-refractivity contribution in [2.45, 2.75) is 0 Å². The van der Waals surface area contributed by atoms with Crippen LogP contribution in [0.1, 0.15) is 10.4 Å². The summed E-state index contributed by atoms with van der Waals surface area (Å²) < 4.78 is 4.81. The number of esters is 1. The molecule has 0 amide bonds. The van der Waals surface area contributed by atoms with Crippen molar-refractivity contribution in [3.63, 3.8) is 0 Å². The summed E-state index contributed by atoms with van der Waals surface area (Å²) in [7, 11) is 1.40. The van der Waals surface area contributed by atoms with E-state index in [4.69, 9.17) is 4.74 Å². The van der Waals surface area contributed by atoms with Gasteiger partial charge < -0.3 is 4.74 Å². The van der Waals surface area contributed by atoms with Crippen LogP contribution >= 0.6 is 11.3 Å². The maximum atomic E-state index is 11.8. The summed E-state index contributed by atoms with van der Waals surface area (Å²) in [6.45, 7) is 0. The first-order valence-corrected chi connectivity index (χ1v) is 6.08. The summed E-state index contributed by atoms with van der Waals surface area (Å²) in [6, 6.07) is 13.4. The smallest absolute Gasteiger partial charge is 0.338 e. The number of carbonyl (C=O) groups excluding carboxylic acids is 1. The Labute approximate surface area is 104 Å². The van der Waals surface area contributed by atoms with Gasteiger partial charge in [0.1, 0.15) is 0 Å². The first-order chi connectivity index (χ1) is 8.31. The Kier molecular flexibility index (Phi) is 3.73. The van der Waals surface area contributed by atoms with Crippen molar-refractivity contribution in [2.24, 2.45) is 0 Å². The fourth-order valence-corrected chi connectivity index (χ4v) is 2.16. The summed E-state index contributed by atoms with van der Waals surface area (Å²) >= 11 is 1.59. The van der Waals surface area contributed by atoms with Gasteiger partial charge in [0.2, 0.25) is 0 Å². The first kappa shape index (κ1) is 11.6. The molecule has 1 aromatic heterocycles. The maximum absolute atomic E-state index is 11.8. The molecule has 3 heteroatoms. The van der Waals surface area contributed by atoms with E-state index in [1.54, 1.807) is 11.3 Å². The average molecular weight is 244 g/mol. The van der Waals surface area contributed by atoms with Crippen molar-refractivity contribution in [3.05, 3.63) is 58.3 Å². The second kappa shape index (κ2) is 5.46. The third kappa shape index (κ3) is 2.82. The van der Waals surface area contributed by atoms with Crippen molar-refractivity contribution in [1.82, 2.24) is 0 Å². The lowest BCUT2D eigenvalue weighted by molar-refractivity contribution is -0.133. The number of rotatable bonds is 3. The largest absolute Gasteiger partial charge is 0.465 e. The Morgan fingerprint density at radius 3 is 2.53 bits per heavy atom. The number of hydrogen-bond donors (Lipinski definition) is 0. The molecule has 86 valence electrons. The standard InChI is InChI=1S/C14H12O2S/c1-16-14(15)13(10-12-8-5-9-17-12)11-6-3-2-4-7-11/h2-10H,1H3. The highest BCUT2D eigenvalue weighted by atomic mass is 32.1. The normalized spacial score (nSPS) is 11.2. The van der Waals surface area contributed by atoms with E-state index in [2.05, 4.69) is 0 Å². The fourth-order valence-electron chi connectivity index (χ4n) is 1.50. The molecular formula is C14H12O2S. The molecule has 0 spiro atoms. The van der Waals surface area contributed by atoms with Crippen LogP contribution < -0.4 is 0 Å². The molecule has 0 bridgehead atoms. The molecular weight excluding hydrogens is 232 g/mol. The summed E-state index contributed by atoms with van der Waals surface area (Å²) in [5, 5.41) is 1.98. The van der Waals surface area contributed by atoms with Crippen LogP contribution in [0.25, 0.3) is 11.6 Å². The molecule has 17 heavy (non-hydrogen) atoms. The van der Waals surface area contributed by atoms with Crippen LogP contribution in [0.2, 0.25) is 0 Å². The zero-order chi connectivity index (χ0) is 12.1. The molecule has 0 unspecified atom stereocenters. The lowest BCUT2D eigenvalue weighted by Gasteiger charge is -2.04. The van der Waals surface area contributed by atoms with Gasteiger partial charge in [0, 0.05) is 4.88 Å². The van der Waals surface area contributed by atoms with Crippen molar-refractivity contribution < 1.29 is 9.53 Å². The lowest BCUT2D eigenvalue weighted by Crippen LogP contribution is -2.03. The summed E-state index contributed by atoms with van der Waals surface area (Å²) in [5.74, 6) is -0.315. The SMILES string of the molecule is COC(=O)C(=Cc1cccs1)c1ccccc1. The van der Waals surface area contributed by atoms with Gasteiger partial charge in [0.15, 0.2) is 0 Å². The molecule has 0 fully saturated rings. The van der Waals surface area contributed by atoms with Gasteiger partial charge in [-0.1, -0.05) is 36.4 Å². The molecule has 0 radical (unpaired) electrons. The van der Waals surface area contributed by atoms with E-state index in [1.165, 1.54) is 7.11 Å². The number of ether oxygens (including phenoxy) is 1. The number of benzene rings is 1. The van der Waals surface area contributed by atoms with Crippen LogP contribution in [-0.4, -0.2) is 13.1 Å². The van der Waals surface area contributed by atoms with Crippen molar-refractivity contribution in [1.29, 1.82) is 0 Å². The molecule has 0 aliphatic rings. The minimum Gasteiger partial charge on any atom is -0.465 e. The van der Waals surface area contributed by atoms with E-state index in [9.17, 15) is 4.79 Å². The van der Waals surface area contributed by atoms with Crippen LogP contribution in [0.3, 0.4) is 0 Å². The van der Waals surface area contributed by atoms with E-state index in [0.29, 0.717) is 5.57 Å². The van der Waals surface area contributed by atoms with Crippen molar-refractivity contribution >= 4 is 29.0 Å². The molecule has 2 nitrogen and oxygen atoms in total. The quantitative estimate of drug-likeness (QED) is 0.610. The van der Waals surface area contributed by atoms with Crippen LogP contribution in [0.5, 0.6) is 0 Å². The Morgan fingerprint density at radius 1 is 1.18 bits per heavy atom. The minimum absolute atomic E-state index is 0.315. The molecule has 1 heterocycles. The number of thiophene rings is 1. The van der Waals surface area contributed by atoms with Gasteiger partial charge in [-0.2, -0.15) is 0 Å². The van der Waals surface area contributed by atoms with E-state index in [0.717, 1.165) is 10.4 Å². The highest BCUT2D eigenvalue weighted by Crippen LogP contribution is 2.21. The predicted molar refractivity (Wildman–Crippen MR) is 70.6 cm³/mol. The van der Waals surface area contributed by atoms with Crippen LogP contribution in [-0.2, 0) is 9.53 Å². The van der Waals surface area contributed by atoms with Crippen LogP contribution in [0.15, 0.2) is 47.8 Å². The van der Waals surface area contributed by atoms with Gasteiger partial charge in [-0.3, -0.25) is 0 Å². The zero-order valence-corrected chi connectivity index (χ0v) is 10.2. The molecule has 0 N–H and O–H groups in total. The Hall–Kier alpha value is -1.87. The Morgan fingerprint density at radius 2 is 1.94 bits per heavy atom. The topological polar surface area (TPSA) is 26.3 Å². The van der Waals surface area contributed by atoms with Crippen LogP contribution in [0.4, 0.5) is 0 Å². The molecule has 0 saturated heterocycles. The fraction of sp³-hybridized carbons (Fsp3) is 0.0714. The number of hydrogen-bond acceptors (Lipinski definition) is 3.